The summed E-state index contributed by atoms with van der Waals surface area (Å²) in [7, 11) is 2.03. The third-order valence-corrected chi connectivity index (χ3v) is 3.25. The van der Waals surface area contributed by atoms with Gasteiger partial charge in [-0.25, -0.2) is 0 Å². The van der Waals surface area contributed by atoms with E-state index in [0.717, 1.165) is 6.42 Å². The van der Waals surface area contributed by atoms with Crippen LogP contribution in [0.25, 0.3) is 0 Å². The maximum absolute atomic E-state index is 3.38. The number of rotatable bonds is 3. The first-order chi connectivity index (χ1) is 7.36. The van der Waals surface area contributed by atoms with Crippen molar-refractivity contribution in [3.63, 3.8) is 0 Å². The van der Waals surface area contributed by atoms with E-state index in [2.05, 4.69) is 41.4 Å². The Labute approximate surface area is 91.9 Å². The van der Waals surface area contributed by atoms with Gasteiger partial charge in [0.25, 0.3) is 0 Å². The molecule has 0 bridgehead atoms. The third kappa shape index (κ3) is 1.91. The van der Waals surface area contributed by atoms with Gasteiger partial charge in [0.1, 0.15) is 0 Å². The zero-order chi connectivity index (χ0) is 10.7. The predicted molar refractivity (Wildman–Crippen MR) is 63.8 cm³/mol. The largest absolute Gasteiger partial charge is 0.315 e. The summed E-state index contributed by atoms with van der Waals surface area (Å²) >= 11 is 0. The maximum Gasteiger partial charge on any atom is 0.0249 e. The van der Waals surface area contributed by atoms with Crippen LogP contribution in [0.4, 0.5) is 0 Å². The van der Waals surface area contributed by atoms with E-state index in [-0.39, 0.29) is 0 Å². The van der Waals surface area contributed by atoms with Crippen LogP contribution >= 0.6 is 0 Å². The van der Waals surface area contributed by atoms with E-state index in [1.165, 1.54) is 17.5 Å². The van der Waals surface area contributed by atoms with Crippen LogP contribution in [0.1, 0.15) is 30.4 Å². The average molecular weight is 199 g/mol. The molecular formula is C14H17N. The smallest absolute Gasteiger partial charge is 0.0249 e. The molecule has 1 aliphatic carbocycles. The molecule has 0 heterocycles. The molecule has 0 fully saturated rings. The summed E-state index contributed by atoms with van der Waals surface area (Å²) in [6.45, 7) is 1.90. The van der Waals surface area contributed by atoms with Crippen molar-refractivity contribution in [3.8, 4) is 11.8 Å². The number of hydrogen-bond acceptors (Lipinski definition) is 1. The van der Waals surface area contributed by atoms with Gasteiger partial charge >= 0.3 is 0 Å². The van der Waals surface area contributed by atoms with Crippen LogP contribution in [0.3, 0.4) is 0 Å². The lowest BCUT2D eigenvalue weighted by Gasteiger charge is -2.35. The van der Waals surface area contributed by atoms with Gasteiger partial charge in [-0.2, -0.15) is 0 Å². The van der Waals surface area contributed by atoms with Crippen molar-refractivity contribution in [3.05, 3.63) is 35.4 Å². The Hall–Kier alpha value is -1.26. The molecule has 0 aliphatic heterocycles. The fourth-order valence-corrected chi connectivity index (χ4v) is 2.31. The van der Waals surface area contributed by atoms with Gasteiger partial charge in [0.15, 0.2) is 0 Å². The fraction of sp³-hybridized carbons (Fsp3) is 0.429. The molecule has 1 aliphatic rings. The summed E-state index contributed by atoms with van der Waals surface area (Å²) in [5.74, 6) is 6.80. The minimum Gasteiger partial charge on any atom is -0.315 e. The molecule has 15 heavy (non-hydrogen) atoms. The van der Waals surface area contributed by atoms with Gasteiger partial charge < -0.3 is 5.32 Å². The van der Waals surface area contributed by atoms with E-state index in [1.807, 2.05) is 14.0 Å². The molecule has 0 saturated carbocycles. The summed E-state index contributed by atoms with van der Waals surface area (Å²) in [6.07, 6.45) is 2.15. The summed E-state index contributed by atoms with van der Waals surface area (Å²) in [4.78, 5) is 0. The highest BCUT2D eigenvalue weighted by Crippen LogP contribution is 2.37. The third-order valence-electron chi connectivity index (χ3n) is 3.25. The topological polar surface area (TPSA) is 12.0 Å². The van der Waals surface area contributed by atoms with Gasteiger partial charge in [0.2, 0.25) is 0 Å². The minimum atomic E-state index is 0.507. The number of hydrogen-bond donors (Lipinski definition) is 1. The molecule has 1 heteroatoms. The summed E-state index contributed by atoms with van der Waals surface area (Å²) < 4.78 is 0. The molecule has 2 unspecified atom stereocenters. The summed E-state index contributed by atoms with van der Waals surface area (Å²) in [6, 6.07) is 9.22. The van der Waals surface area contributed by atoms with E-state index in [0.29, 0.717) is 12.0 Å². The van der Waals surface area contributed by atoms with Crippen molar-refractivity contribution in [1.29, 1.82) is 0 Å². The van der Waals surface area contributed by atoms with Crippen LogP contribution in [-0.2, 0) is 6.42 Å². The standard InChI is InChI=1S/C14H17N/c1-3-4-9-14(15-2)13-10-11-7-5-6-8-12(11)13/h5-8,13-15H,9-10H2,1-2H3. The van der Waals surface area contributed by atoms with Crippen molar-refractivity contribution < 1.29 is 0 Å². The van der Waals surface area contributed by atoms with Crippen LogP contribution in [0.2, 0.25) is 0 Å². The molecule has 0 spiro atoms. The zero-order valence-electron chi connectivity index (χ0n) is 9.38. The molecule has 1 aromatic rings. The lowest BCUT2D eigenvalue weighted by atomic mass is 9.73. The first kappa shape index (κ1) is 10.3. The number of fused-ring (bicyclic) bond motifs is 1. The molecule has 1 aromatic carbocycles. The Morgan fingerprint density at radius 2 is 2.27 bits per heavy atom. The summed E-state index contributed by atoms with van der Waals surface area (Å²) in [5.41, 5.74) is 3.02. The van der Waals surface area contributed by atoms with Crippen molar-refractivity contribution in [2.75, 3.05) is 7.05 Å². The van der Waals surface area contributed by atoms with Crippen molar-refractivity contribution in [2.45, 2.75) is 31.7 Å². The fourth-order valence-electron chi connectivity index (χ4n) is 2.31. The Bertz CT molecular complexity index is 397. The zero-order valence-corrected chi connectivity index (χ0v) is 9.38. The van der Waals surface area contributed by atoms with Crippen molar-refractivity contribution in [2.24, 2.45) is 0 Å². The molecule has 2 rings (SSSR count). The lowest BCUT2D eigenvalue weighted by Crippen LogP contribution is -2.37. The van der Waals surface area contributed by atoms with Crippen molar-refractivity contribution >= 4 is 0 Å². The van der Waals surface area contributed by atoms with E-state index < -0.39 is 0 Å². The minimum absolute atomic E-state index is 0.507. The molecule has 1 nitrogen and oxygen atoms in total. The predicted octanol–water partition coefficient (Wildman–Crippen LogP) is 2.33. The summed E-state index contributed by atoms with van der Waals surface area (Å²) in [5, 5.41) is 3.38. The van der Waals surface area contributed by atoms with Gasteiger partial charge in [-0.1, -0.05) is 24.3 Å². The van der Waals surface area contributed by atoms with Crippen LogP contribution in [0, 0.1) is 11.8 Å². The highest BCUT2D eigenvalue weighted by molar-refractivity contribution is 5.41. The van der Waals surface area contributed by atoms with Gasteiger partial charge in [-0.15, -0.1) is 11.8 Å². The molecular weight excluding hydrogens is 182 g/mol. The Balaban J connectivity index is 2.09. The number of likely N-dealkylation sites (N-methyl/N-ethyl adjacent to an activating group) is 1. The van der Waals surface area contributed by atoms with Crippen LogP contribution in [0.15, 0.2) is 24.3 Å². The molecule has 0 radical (unpaired) electrons. The average Bonchev–Trinajstić information content (AvgIpc) is 2.24. The van der Waals surface area contributed by atoms with E-state index in [1.54, 1.807) is 0 Å². The van der Waals surface area contributed by atoms with Crippen molar-refractivity contribution in [1.82, 2.24) is 5.32 Å². The van der Waals surface area contributed by atoms with Gasteiger partial charge in [-0.3, -0.25) is 0 Å². The monoisotopic (exact) mass is 199 g/mol. The Morgan fingerprint density at radius 3 is 2.93 bits per heavy atom. The molecule has 2 atom stereocenters. The van der Waals surface area contributed by atoms with Crippen LogP contribution < -0.4 is 5.32 Å². The number of nitrogens with one attached hydrogen (secondary N) is 1. The van der Waals surface area contributed by atoms with E-state index in [9.17, 15) is 0 Å². The highest BCUT2D eigenvalue weighted by Gasteiger charge is 2.31. The number of benzene rings is 1. The Kier molecular flexibility index (Phi) is 3.08. The van der Waals surface area contributed by atoms with Gasteiger partial charge in [-0.05, 0) is 31.5 Å². The van der Waals surface area contributed by atoms with Crippen LogP contribution in [0.5, 0.6) is 0 Å². The second-order valence-electron chi connectivity index (χ2n) is 4.04. The molecule has 0 aromatic heterocycles. The van der Waals surface area contributed by atoms with Crippen LogP contribution in [-0.4, -0.2) is 13.1 Å². The SMILES string of the molecule is CC#CCC(NC)C1Cc2ccccc21. The van der Waals surface area contributed by atoms with E-state index in [4.69, 9.17) is 0 Å². The second-order valence-corrected chi connectivity index (χ2v) is 4.04. The Morgan fingerprint density at radius 1 is 1.47 bits per heavy atom. The normalized spacial score (nSPS) is 19.5. The van der Waals surface area contributed by atoms with Gasteiger partial charge in [0, 0.05) is 18.4 Å². The lowest BCUT2D eigenvalue weighted by molar-refractivity contribution is 0.431. The first-order valence-corrected chi connectivity index (χ1v) is 5.51. The second kappa shape index (κ2) is 4.51. The quantitative estimate of drug-likeness (QED) is 0.737. The molecule has 1 N–H and O–H groups in total. The van der Waals surface area contributed by atoms with E-state index >= 15 is 0 Å². The maximum atomic E-state index is 3.38. The molecule has 0 saturated heterocycles. The molecule has 78 valence electrons. The molecule has 0 amide bonds. The highest BCUT2D eigenvalue weighted by atomic mass is 14.9. The van der Waals surface area contributed by atoms with Gasteiger partial charge in [0.05, 0.1) is 0 Å². The first-order valence-electron chi connectivity index (χ1n) is 5.51.